The Morgan fingerprint density at radius 2 is 2.12 bits per heavy atom. The fourth-order valence-electron chi connectivity index (χ4n) is 1.75. The third kappa shape index (κ3) is 3.46. The lowest BCUT2D eigenvalue weighted by Crippen LogP contribution is -2.16. The molecule has 2 nitrogen and oxygen atoms in total. The summed E-state index contributed by atoms with van der Waals surface area (Å²) in [5.41, 5.74) is 2.13. The van der Waals surface area contributed by atoms with Crippen LogP contribution in [0.1, 0.15) is 43.9 Å². The summed E-state index contributed by atoms with van der Waals surface area (Å²) >= 11 is 0. The average molecular weight is 220 g/mol. The van der Waals surface area contributed by atoms with Gasteiger partial charge < -0.3 is 4.74 Å². The van der Waals surface area contributed by atoms with Crippen molar-refractivity contribution >= 4 is 5.78 Å². The van der Waals surface area contributed by atoms with Crippen LogP contribution < -0.4 is 0 Å². The van der Waals surface area contributed by atoms with Gasteiger partial charge in [-0.1, -0.05) is 36.8 Å². The highest BCUT2D eigenvalue weighted by Gasteiger charge is 2.19. The Kier molecular flexibility index (Phi) is 5.20. The Bertz CT molecular complexity index is 344. The number of hydrogen-bond donors (Lipinski definition) is 0. The Balaban J connectivity index is 2.88. The molecule has 0 aliphatic carbocycles. The van der Waals surface area contributed by atoms with E-state index in [-0.39, 0.29) is 11.9 Å². The lowest BCUT2D eigenvalue weighted by molar-refractivity contribution is -0.130. The monoisotopic (exact) mass is 220 g/mol. The lowest BCUT2D eigenvalue weighted by Gasteiger charge is -2.16. The van der Waals surface area contributed by atoms with Crippen molar-refractivity contribution in [2.24, 2.45) is 0 Å². The first kappa shape index (κ1) is 12.9. The summed E-state index contributed by atoms with van der Waals surface area (Å²) in [7, 11) is 0. The Labute approximate surface area is 97.6 Å². The summed E-state index contributed by atoms with van der Waals surface area (Å²) in [5.74, 6) is 0.176. The van der Waals surface area contributed by atoms with Gasteiger partial charge in [0.15, 0.2) is 5.78 Å². The van der Waals surface area contributed by atoms with Gasteiger partial charge in [0.05, 0.1) is 0 Å². The zero-order valence-corrected chi connectivity index (χ0v) is 10.3. The van der Waals surface area contributed by atoms with Crippen LogP contribution in [-0.2, 0) is 9.53 Å². The number of benzene rings is 1. The highest BCUT2D eigenvalue weighted by Crippen LogP contribution is 2.21. The molecule has 1 unspecified atom stereocenters. The number of ether oxygens (including phenoxy) is 1. The van der Waals surface area contributed by atoms with Gasteiger partial charge in [0.2, 0.25) is 0 Å². The molecule has 0 radical (unpaired) electrons. The largest absolute Gasteiger partial charge is 0.366 e. The zero-order chi connectivity index (χ0) is 12.0. The fourth-order valence-corrected chi connectivity index (χ4v) is 1.75. The zero-order valence-electron chi connectivity index (χ0n) is 10.3. The predicted octanol–water partition coefficient (Wildman–Crippen LogP) is 3.44. The van der Waals surface area contributed by atoms with E-state index in [4.69, 9.17) is 4.74 Å². The van der Waals surface area contributed by atoms with E-state index >= 15 is 0 Å². The molecule has 0 N–H and O–H groups in total. The molecule has 1 atom stereocenters. The molecule has 16 heavy (non-hydrogen) atoms. The molecule has 1 aromatic carbocycles. The third-order valence-corrected chi connectivity index (χ3v) is 2.47. The van der Waals surface area contributed by atoms with E-state index in [9.17, 15) is 4.79 Å². The van der Waals surface area contributed by atoms with E-state index in [1.807, 2.05) is 45.0 Å². The van der Waals surface area contributed by atoms with Crippen molar-refractivity contribution in [2.75, 3.05) is 6.61 Å². The molecule has 0 aromatic heterocycles. The second-order valence-electron chi connectivity index (χ2n) is 3.97. The van der Waals surface area contributed by atoms with Crippen LogP contribution in [-0.4, -0.2) is 12.4 Å². The molecule has 0 amide bonds. The second-order valence-corrected chi connectivity index (χ2v) is 3.97. The minimum absolute atomic E-state index is 0.176. The van der Waals surface area contributed by atoms with Gasteiger partial charge in [0.25, 0.3) is 0 Å². The van der Waals surface area contributed by atoms with Gasteiger partial charge in [-0.25, -0.2) is 0 Å². The lowest BCUT2D eigenvalue weighted by atomic mass is 10.0. The first-order valence-corrected chi connectivity index (χ1v) is 5.89. The third-order valence-electron chi connectivity index (χ3n) is 2.47. The number of ketones is 1. The van der Waals surface area contributed by atoms with Gasteiger partial charge in [0.1, 0.15) is 6.10 Å². The number of rotatable bonds is 6. The van der Waals surface area contributed by atoms with E-state index in [2.05, 4.69) is 0 Å². The molecule has 0 spiro atoms. The molecular formula is C14H20O2. The van der Waals surface area contributed by atoms with Crippen LogP contribution in [0.3, 0.4) is 0 Å². The smallest absolute Gasteiger partial charge is 0.166 e. The minimum Gasteiger partial charge on any atom is -0.366 e. The molecule has 0 saturated heterocycles. The summed E-state index contributed by atoms with van der Waals surface area (Å²) < 4.78 is 5.55. The fraction of sp³-hybridized carbons (Fsp3) is 0.500. The number of hydrogen-bond acceptors (Lipinski definition) is 2. The number of carbonyl (C=O) groups is 1. The van der Waals surface area contributed by atoms with Crippen molar-refractivity contribution in [3.8, 4) is 0 Å². The molecule has 0 aliphatic rings. The van der Waals surface area contributed by atoms with E-state index in [0.717, 1.165) is 17.5 Å². The molecule has 0 bridgehead atoms. The number of Topliss-reactive ketones (excluding diaryl/α,β-unsaturated/α-hetero) is 1. The van der Waals surface area contributed by atoms with Crippen LogP contribution in [0.2, 0.25) is 0 Å². The molecule has 0 saturated carbocycles. The molecular weight excluding hydrogens is 200 g/mol. The van der Waals surface area contributed by atoms with Gasteiger partial charge in [-0.15, -0.1) is 0 Å². The molecule has 0 heterocycles. The topological polar surface area (TPSA) is 26.3 Å². The van der Waals surface area contributed by atoms with Crippen molar-refractivity contribution in [1.82, 2.24) is 0 Å². The van der Waals surface area contributed by atoms with Gasteiger partial charge >= 0.3 is 0 Å². The van der Waals surface area contributed by atoms with Gasteiger partial charge in [-0.2, -0.15) is 0 Å². The van der Waals surface area contributed by atoms with Gasteiger partial charge in [0, 0.05) is 13.0 Å². The number of aryl methyl sites for hydroxylation is 1. The van der Waals surface area contributed by atoms with E-state index in [1.165, 1.54) is 0 Å². The highest BCUT2D eigenvalue weighted by molar-refractivity contribution is 5.84. The Morgan fingerprint density at radius 3 is 2.69 bits per heavy atom. The van der Waals surface area contributed by atoms with Crippen molar-refractivity contribution in [1.29, 1.82) is 0 Å². The maximum atomic E-state index is 11.9. The van der Waals surface area contributed by atoms with Crippen molar-refractivity contribution < 1.29 is 9.53 Å². The second kappa shape index (κ2) is 6.44. The van der Waals surface area contributed by atoms with Crippen molar-refractivity contribution in [3.05, 3.63) is 35.4 Å². The van der Waals surface area contributed by atoms with Crippen LogP contribution in [0, 0.1) is 6.92 Å². The predicted molar refractivity (Wildman–Crippen MR) is 65.5 cm³/mol. The first-order chi connectivity index (χ1) is 7.69. The van der Waals surface area contributed by atoms with Crippen molar-refractivity contribution in [2.45, 2.75) is 39.7 Å². The van der Waals surface area contributed by atoms with Crippen LogP contribution in [0.15, 0.2) is 24.3 Å². The molecule has 0 fully saturated rings. The molecule has 2 heteroatoms. The van der Waals surface area contributed by atoms with Crippen LogP contribution in [0.5, 0.6) is 0 Å². The Morgan fingerprint density at radius 1 is 1.38 bits per heavy atom. The summed E-state index contributed by atoms with van der Waals surface area (Å²) in [4.78, 5) is 11.9. The molecule has 1 aromatic rings. The van der Waals surface area contributed by atoms with Crippen LogP contribution >= 0.6 is 0 Å². The van der Waals surface area contributed by atoms with Crippen molar-refractivity contribution in [3.63, 3.8) is 0 Å². The Hall–Kier alpha value is -1.15. The summed E-state index contributed by atoms with van der Waals surface area (Å²) in [6.45, 7) is 6.52. The molecule has 1 rings (SSSR count). The number of carbonyl (C=O) groups excluding carboxylic acids is 1. The first-order valence-electron chi connectivity index (χ1n) is 5.89. The highest BCUT2D eigenvalue weighted by atomic mass is 16.5. The van der Waals surface area contributed by atoms with E-state index in [0.29, 0.717) is 13.0 Å². The quantitative estimate of drug-likeness (QED) is 0.734. The van der Waals surface area contributed by atoms with E-state index < -0.39 is 0 Å². The molecule has 88 valence electrons. The average Bonchev–Trinajstić information content (AvgIpc) is 2.26. The summed E-state index contributed by atoms with van der Waals surface area (Å²) in [6, 6.07) is 7.97. The maximum Gasteiger partial charge on any atom is 0.166 e. The van der Waals surface area contributed by atoms with E-state index in [1.54, 1.807) is 0 Å². The molecule has 0 aliphatic heterocycles. The normalized spacial score (nSPS) is 12.4. The maximum absolute atomic E-state index is 11.9. The van der Waals surface area contributed by atoms with Gasteiger partial charge in [-0.05, 0) is 25.8 Å². The standard InChI is InChI=1S/C14H20O2/c1-4-7-13(15)14(16-5-2)12-9-6-8-11(3)10-12/h6,8-10,14H,4-5,7H2,1-3H3. The van der Waals surface area contributed by atoms with Crippen LogP contribution in [0.4, 0.5) is 0 Å². The van der Waals surface area contributed by atoms with Gasteiger partial charge in [-0.3, -0.25) is 4.79 Å². The van der Waals surface area contributed by atoms with Crippen LogP contribution in [0.25, 0.3) is 0 Å². The summed E-state index contributed by atoms with van der Waals surface area (Å²) in [6.07, 6.45) is 1.07. The summed E-state index contributed by atoms with van der Waals surface area (Å²) in [5, 5.41) is 0. The minimum atomic E-state index is -0.384. The SMILES string of the molecule is CCCC(=O)C(OCC)c1cccc(C)c1.